The van der Waals surface area contributed by atoms with Gasteiger partial charge >= 0.3 is 5.69 Å². The van der Waals surface area contributed by atoms with Crippen molar-refractivity contribution in [2.45, 2.75) is 6.61 Å². The van der Waals surface area contributed by atoms with Gasteiger partial charge in [-0.1, -0.05) is 12.1 Å². The van der Waals surface area contributed by atoms with Crippen molar-refractivity contribution >= 4 is 5.69 Å². The summed E-state index contributed by atoms with van der Waals surface area (Å²) in [6.45, 7) is 0.141. The molecule has 94 valence electrons. The molecule has 1 aromatic carbocycles. The molecule has 6 heteroatoms. The molecule has 0 fully saturated rings. The number of nitrogens with zero attached hydrogens (tertiary/aromatic N) is 3. The van der Waals surface area contributed by atoms with Gasteiger partial charge in [0, 0.05) is 12.3 Å². The standard InChI is InChI=1S/C13H9N3O3/c14-8-11-7-10(5-6-15-11)9-19-13-4-2-1-3-12(13)16(17)18/h1-7H,9H2. The van der Waals surface area contributed by atoms with E-state index in [9.17, 15) is 10.1 Å². The molecule has 0 aliphatic carbocycles. The molecule has 0 bridgehead atoms. The Morgan fingerprint density at radius 1 is 1.37 bits per heavy atom. The van der Waals surface area contributed by atoms with Gasteiger partial charge in [0.2, 0.25) is 0 Å². The van der Waals surface area contributed by atoms with E-state index in [1.165, 1.54) is 18.3 Å². The number of para-hydroxylation sites is 2. The van der Waals surface area contributed by atoms with E-state index in [2.05, 4.69) is 4.98 Å². The molecule has 0 amide bonds. The molecule has 0 aliphatic rings. The Hall–Kier alpha value is -2.94. The average Bonchev–Trinajstić information content (AvgIpc) is 2.45. The molecular formula is C13H9N3O3. The van der Waals surface area contributed by atoms with Crippen LogP contribution in [-0.4, -0.2) is 9.91 Å². The number of nitro benzene ring substituents is 1. The third-order valence-corrected chi connectivity index (χ3v) is 2.40. The second kappa shape index (κ2) is 5.60. The lowest BCUT2D eigenvalue weighted by molar-refractivity contribution is -0.385. The van der Waals surface area contributed by atoms with Crippen molar-refractivity contribution in [3.05, 3.63) is 64.0 Å². The fourth-order valence-electron chi connectivity index (χ4n) is 1.52. The third kappa shape index (κ3) is 3.04. The Morgan fingerprint density at radius 2 is 2.16 bits per heavy atom. The Morgan fingerprint density at radius 3 is 2.89 bits per heavy atom. The minimum Gasteiger partial charge on any atom is -0.482 e. The van der Waals surface area contributed by atoms with Crippen LogP contribution in [0, 0.1) is 21.4 Å². The Kier molecular flexibility index (Phi) is 3.69. The molecule has 1 aromatic heterocycles. The van der Waals surface area contributed by atoms with Crippen molar-refractivity contribution in [2.24, 2.45) is 0 Å². The van der Waals surface area contributed by atoms with E-state index < -0.39 is 4.92 Å². The van der Waals surface area contributed by atoms with E-state index in [0.29, 0.717) is 0 Å². The third-order valence-electron chi connectivity index (χ3n) is 2.40. The molecule has 0 unspecified atom stereocenters. The van der Waals surface area contributed by atoms with Gasteiger partial charge in [-0.15, -0.1) is 0 Å². The van der Waals surface area contributed by atoms with Crippen LogP contribution in [0.3, 0.4) is 0 Å². The van der Waals surface area contributed by atoms with E-state index in [1.54, 1.807) is 24.3 Å². The van der Waals surface area contributed by atoms with Crippen LogP contribution in [0.15, 0.2) is 42.6 Å². The van der Waals surface area contributed by atoms with E-state index in [4.69, 9.17) is 10.00 Å². The average molecular weight is 255 g/mol. The van der Waals surface area contributed by atoms with Crippen molar-refractivity contribution < 1.29 is 9.66 Å². The first kappa shape index (κ1) is 12.5. The minimum atomic E-state index is -0.497. The zero-order chi connectivity index (χ0) is 13.7. The van der Waals surface area contributed by atoms with Crippen molar-refractivity contribution in [1.82, 2.24) is 4.98 Å². The summed E-state index contributed by atoms with van der Waals surface area (Å²) < 4.78 is 5.41. The molecule has 0 saturated heterocycles. The number of benzene rings is 1. The Labute approximate surface area is 109 Å². The number of pyridine rings is 1. The summed E-state index contributed by atoms with van der Waals surface area (Å²) in [5.41, 5.74) is 0.922. The van der Waals surface area contributed by atoms with Gasteiger partial charge in [0.1, 0.15) is 18.4 Å². The van der Waals surface area contributed by atoms with E-state index in [-0.39, 0.29) is 23.7 Å². The smallest absolute Gasteiger partial charge is 0.310 e. The summed E-state index contributed by atoms with van der Waals surface area (Å²) in [4.78, 5) is 14.1. The van der Waals surface area contributed by atoms with Crippen molar-refractivity contribution in [1.29, 1.82) is 5.26 Å². The normalized spacial score (nSPS) is 9.63. The molecule has 0 radical (unpaired) electrons. The molecule has 19 heavy (non-hydrogen) atoms. The number of hydrogen-bond donors (Lipinski definition) is 0. The van der Waals surface area contributed by atoms with Crippen LogP contribution in [0.25, 0.3) is 0 Å². The first-order chi connectivity index (χ1) is 9.20. The molecule has 0 aliphatic heterocycles. The number of ether oxygens (including phenoxy) is 1. The highest BCUT2D eigenvalue weighted by Crippen LogP contribution is 2.26. The van der Waals surface area contributed by atoms with Gasteiger partial charge in [-0.3, -0.25) is 10.1 Å². The lowest BCUT2D eigenvalue weighted by Crippen LogP contribution is -1.99. The quantitative estimate of drug-likeness (QED) is 0.618. The largest absolute Gasteiger partial charge is 0.482 e. The fourth-order valence-corrected chi connectivity index (χ4v) is 1.52. The lowest BCUT2D eigenvalue weighted by Gasteiger charge is -2.06. The van der Waals surface area contributed by atoms with Crippen LogP contribution in [0.1, 0.15) is 11.3 Å². The van der Waals surface area contributed by atoms with Crippen LogP contribution in [-0.2, 0) is 6.61 Å². The molecule has 0 saturated carbocycles. The van der Waals surface area contributed by atoms with Gasteiger partial charge in [-0.2, -0.15) is 5.26 Å². The number of rotatable bonds is 4. The monoisotopic (exact) mass is 255 g/mol. The maximum atomic E-state index is 10.8. The van der Waals surface area contributed by atoms with Gasteiger partial charge in [-0.25, -0.2) is 4.98 Å². The van der Waals surface area contributed by atoms with Gasteiger partial charge in [0.05, 0.1) is 4.92 Å². The molecule has 1 heterocycles. The van der Waals surface area contributed by atoms with E-state index >= 15 is 0 Å². The summed E-state index contributed by atoms with van der Waals surface area (Å²) in [5, 5.41) is 19.5. The van der Waals surface area contributed by atoms with Crippen molar-refractivity contribution in [3.63, 3.8) is 0 Å². The maximum absolute atomic E-state index is 10.8. The predicted octanol–water partition coefficient (Wildman–Crippen LogP) is 2.44. The van der Waals surface area contributed by atoms with Crippen LogP contribution in [0.4, 0.5) is 5.69 Å². The minimum absolute atomic E-state index is 0.0861. The Balaban J connectivity index is 2.15. The summed E-state index contributed by atoms with van der Waals surface area (Å²) in [5.74, 6) is 0.197. The molecule has 0 atom stereocenters. The fraction of sp³-hybridized carbons (Fsp3) is 0.0769. The molecule has 6 nitrogen and oxygen atoms in total. The van der Waals surface area contributed by atoms with Gasteiger partial charge in [-0.05, 0) is 23.8 Å². The molecule has 2 aromatic rings. The molecule has 0 N–H and O–H groups in total. The van der Waals surface area contributed by atoms with Crippen LogP contribution in [0.2, 0.25) is 0 Å². The second-order valence-electron chi connectivity index (χ2n) is 3.67. The highest BCUT2D eigenvalue weighted by atomic mass is 16.6. The predicted molar refractivity (Wildman–Crippen MR) is 66.4 cm³/mol. The van der Waals surface area contributed by atoms with Gasteiger partial charge in [0.25, 0.3) is 0 Å². The van der Waals surface area contributed by atoms with Crippen LogP contribution in [0.5, 0.6) is 5.75 Å². The molecule has 2 rings (SSSR count). The zero-order valence-corrected chi connectivity index (χ0v) is 9.81. The highest BCUT2D eigenvalue weighted by Gasteiger charge is 2.13. The molecule has 0 spiro atoms. The topological polar surface area (TPSA) is 89.0 Å². The Bertz CT molecular complexity index is 650. The van der Waals surface area contributed by atoms with E-state index in [1.807, 2.05) is 6.07 Å². The second-order valence-corrected chi connectivity index (χ2v) is 3.67. The number of aromatic nitrogens is 1. The summed E-state index contributed by atoms with van der Waals surface area (Å²) in [6, 6.07) is 11.3. The summed E-state index contributed by atoms with van der Waals surface area (Å²) in [7, 11) is 0. The zero-order valence-electron chi connectivity index (χ0n) is 9.81. The van der Waals surface area contributed by atoms with Crippen molar-refractivity contribution in [3.8, 4) is 11.8 Å². The first-order valence-corrected chi connectivity index (χ1v) is 5.42. The molecular weight excluding hydrogens is 246 g/mol. The summed E-state index contributed by atoms with van der Waals surface area (Å²) in [6.07, 6.45) is 1.50. The number of nitriles is 1. The van der Waals surface area contributed by atoms with Crippen LogP contribution < -0.4 is 4.74 Å². The first-order valence-electron chi connectivity index (χ1n) is 5.42. The highest BCUT2D eigenvalue weighted by molar-refractivity contribution is 5.45. The SMILES string of the molecule is N#Cc1cc(COc2ccccc2[N+](=O)[O-])ccn1. The number of nitro groups is 1. The van der Waals surface area contributed by atoms with Crippen molar-refractivity contribution in [2.75, 3.05) is 0 Å². The van der Waals surface area contributed by atoms with E-state index in [0.717, 1.165) is 5.56 Å². The number of hydrogen-bond acceptors (Lipinski definition) is 5. The lowest BCUT2D eigenvalue weighted by atomic mass is 10.2. The summed E-state index contributed by atoms with van der Waals surface area (Å²) >= 11 is 0. The van der Waals surface area contributed by atoms with Crippen LogP contribution >= 0.6 is 0 Å². The van der Waals surface area contributed by atoms with Gasteiger partial charge < -0.3 is 4.74 Å². The van der Waals surface area contributed by atoms with Gasteiger partial charge in [0.15, 0.2) is 5.75 Å². The maximum Gasteiger partial charge on any atom is 0.310 e.